The Labute approximate surface area is 134 Å². The number of para-hydroxylation sites is 1. The summed E-state index contributed by atoms with van der Waals surface area (Å²) in [5.74, 6) is 0.107. The number of carbonyl (C=O) groups excluding carboxylic acids is 2. The van der Waals surface area contributed by atoms with Crippen LogP contribution in [0.4, 0.5) is 5.69 Å². The van der Waals surface area contributed by atoms with Crippen LogP contribution in [-0.4, -0.2) is 25.5 Å². The average Bonchev–Trinajstić information content (AvgIpc) is 2.57. The van der Waals surface area contributed by atoms with Crippen LogP contribution >= 0.6 is 0 Å². The Kier molecular flexibility index (Phi) is 4.02. The maximum absolute atomic E-state index is 12.5. The number of amides is 2. The van der Waals surface area contributed by atoms with Crippen molar-refractivity contribution in [2.75, 3.05) is 18.6 Å². The van der Waals surface area contributed by atoms with Crippen molar-refractivity contribution in [3.63, 3.8) is 0 Å². The molecule has 3 rings (SSSR count). The molecule has 1 N–H and O–H groups in total. The van der Waals surface area contributed by atoms with E-state index in [9.17, 15) is 9.59 Å². The number of nitrogens with one attached hydrogen (secondary N) is 1. The van der Waals surface area contributed by atoms with E-state index in [4.69, 9.17) is 4.74 Å². The number of fused-ring (bicyclic) bond motifs is 1. The highest BCUT2D eigenvalue weighted by Gasteiger charge is 2.26. The molecule has 0 aromatic heterocycles. The lowest BCUT2D eigenvalue weighted by Crippen LogP contribution is -2.36. The number of carbonyl (C=O) groups is 2. The monoisotopic (exact) mass is 310 g/mol. The molecule has 0 unspecified atom stereocenters. The molecule has 0 saturated carbocycles. The summed E-state index contributed by atoms with van der Waals surface area (Å²) >= 11 is 0. The predicted molar refractivity (Wildman–Crippen MR) is 87.7 cm³/mol. The van der Waals surface area contributed by atoms with Crippen LogP contribution < -0.4 is 15.0 Å². The van der Waals surface area contributed by atoms with Crippen LogP contribution in [0.5, 0.6) is 5.75 Å². The molecule has 2 aromatic rings. The minimum atomic E-state index is -0.217. The molecule has 0 fully saturated rings. The standard InChI is InChI=1S/C18H18N2O3/c1-12-6-8-13(9-7-12)10-19-18(22)14-4-3-5-15-17(14)23-11-16(21)20(15)2/h3-9H,10-11H2,1-2H3,(H,19,22). The Morgan fingerprint density at radius 1 is 1.22 bits per heavy atom. The number of nitrogens with zero attached hydrogens (tertiary/aromatic N) is 1. The number of hydrogen-bond donors (Lipinski definition) is 1. The molecule has 1 aliphatic heterocycles. The van der Waals surface area contributed by atoms with Gasteiger partial charge in [0, 0.05) is 13.6 Å². The summed E-state index contributed by atoms with van der Waals surface area (Å²) in [6, 6.07) is 13.2. The lowest BCUT2D eigenvalue weighted by atomic mass is 10.1. The predicted octanol–water partition coefficient (Wildman–Crippen LogP) is 2.28. The molecule has 0 spiro atoms. The molecule has 5 heteroatoms. The van der Waals surface area contributed by atoms with Gasteiger partial charge in [0.2, 0.25) is 0 Å². The van der Waals surface area contributed by atoms with Crippen LogP contribution in [0.15, 0.2) is 42.5 Å². The number of ether oxygens (including phenoxy) is 1. The molecular weight excluding hydrogens is 292 g/mol. The SMILES string of the molecule is Cc1ccc(CNC(=O)c2cccc3c2OCC(=O)N3C)cc1. The molecule has 0 saturated heterocycles. The highest BCUT2D eigenvalue weighted by atomic mass is 16.5. The van der Waals surface area contributed by atoms with Gasteiger partial charge in [-0.25, -0.2) is 0 Å². The summed E-state index contributed by atoms with van der Waals surface area (Å²) < 4.78 is 5.47. The van der Waals surface area contributed by atoms with E-state index < -0.39 is 0 Å². The zero-order chi connectivity index (χ0) is 16.4. The molecule has 1 aliphatic rings. The van der Waals surface area contributed by atoms with E-state index in [1.165, 1.54) is 10.5 Å². The number of hydrogen-bond acceptors (Lipinski definition) is 3. The number of anilines is 1. The Balaban J connectivity index is 1.78. The van der Waals surface area contributed by atoms with Crippen LogP contribution in [0, 0.1) is 6.92 Å². The van der Waals surface area contributed by atoms with Gasteiger partial charge < -0.3 is 15.0 Å². The van der Waals surface area contributed by atoms with E-state index in [1.54, 1.807) is 25.2 Å². The second-order valence-corrected chi connectivity index (χ2v) is 5.56. The Morgan fingerprint density at radius 3 is 2.70 bits per heavy atom. The van der Waals surface area contributed by atoms with Crippen molar-refractivity contribution >= 4 is 17.5 Å². The first-order valence-electron chi connectivity index (χ1n) is 7.42. The molecule has 118 valence electrons. The molecule has 1 heterocycles. The zero-order valence-electron chi connectivity index (χ0n) is 13.1. The van der Waals surface area contributed by atoms with E-state index in [-0.39, 0.29) is 18.4 Å². The van der Waals surface area contributed by atoms with E-state index >= 15 is 0 Å². The first kappa shape index (κ1) is 15.1. The molecule has 23 heavy (non-hydrogen) atoms. The highest BCUT2D eigenvalue weighted by molar-refractivity contribution is 6.03. The van der Waals surface area contributed by atoms with Crippen molar-refractivity contribution in [1.82, 2.24) is 5.32 Å². The average molecular weight is 310 g/mol. The van der Waals surface area contributed by atoms with Crippen molar-refractivity contribution in [3.8, 4) is 5.75 Å². The summed E-state index contributed by atoms with van der Waals surface area (Å²) in [6.45, 7) is 2.41. The van der Waals surface area contributed by atoms with E-state index in [0.717, 1.165) is 5.56 Å². The number of rotatable bonds is 3. The van der Waals surface area contributed by atoms with Gasteiger partial charge in [-0.05, 0) is 24.6 Å². The fraction of sp³-hybridized carbons (Fsp3) is 0.222. The summed E-state index contributed by atoms with van der Waals surface area (Å²) in [6.07, 6.45) is 0. The van der Waals surface area contributed by atoms with Gasteiger partial charge in [-0.1, -0.05) is 35.9 Å². The quantitative estimate of drug-likeness (QED) is 0.946. The lowest BCUT2D eigenvalue weighted by Gasteiger charge is -2.27. The zero-order valence-corrected chi connectivity index (χ0v) is 13.1. The molecule has 5 nitrogen and oxygen atoms in total. The third-order valence-corrected chi connectivity index (χ3v) is 3.89. The van der Waals surface area contributed by atoms with Crippen molar-refractivity contribution in [2.24, 2.45) is 0 Å². The van der Waals surface area contributed by atoms with Crippen LogP contribution in [0.3, 0.4) is 0 Å². The summed E-state index contributed by atoms with van der Waals surface area (Å²) in [7, 11) is 1.68. The lowest BCUT2D eigenvalue weighted by molar-refractivity contribution is -0.121. The molecular formula is C18H18N2O3. The third kappa shape index (κ3) is 3.04. The highest BCUT2D eigenvalue weighted by Crippen LogP contribution is 2.34. The van der Waals surface area contributed by atoms with Crippen LogP contribution in [0.1, 0.15) is 21.5 Å². The van der Waals surface area contributed by atoms with Crippen LogP contribution in [0.25, 0.3) is 0 Å². The smallest absolute Gasteiger partial charge is 0.264 e. The van der Waals surface area contributed by atoms with Gasteiger partial charge in [0.25, 0.3) is 11.8 Å². The van der Waals surface area contributed by atoms with Gasteiger partial charge in [0.1, 0.15) is 0 Å². The number of likely N-dealkylation sites (N-methyl/N-ethyl adjacent to an activating group) is 1. The van der Waals surface area contributed by atoms with E-state index in [0.29, 0.717) is 23.5 Å². The van der Waals surface area contributed by atoms with Crippen LogP contribution in [0.2, 0.25) is 0 Å². The van der Waals surface area contributed by atoms with Gasteiger partial charge in [0.15, 0.2) is 12.4 Å². The van der Waals surface area contributed by atoms with Crippen molar-refractivity contribution < 1.29 is 14.3 Å². The van der Waals surface area contributed by atoms with Gasteiger partial charge in [-0.15, -0.1) is 0 Å². The van der Waals surface area contributed by atoms with Gasteiger partial charge in [-0.2, -0.15) is 0 Å². The number of aryl methyl sites for hydroxylation is 1. The molecule has 2 aromatic carbocycles. The van der Waals surface area contributed by atoms with Gasteiger partial charge in [-0.3, -0.25) is 9.59 Å². The van der Waals surface area contributed by atoms with Gasteiger partial charge >= 0.3 is 0 Å². The summed E-state index contributed by atoms with van der Waals surface area (Å²) in [4.78, 5) is 25.6. The van der Waals surface area contributed by atoms with Gasteiger partial charge in [0.05, 0.1) is 11.3 Å². The van der Waals surface area contributed by atoms with Crippen molar-refractivity contribution in [2.45, 2.75) is 13.5 Å². The van der Waals surface area contributed by atoms with Crippen LogP contribution in [-0.2, 0) is 11.3 Å². The summed E-state index contributed by atoms with van der Waals surface area (Å²) in [5, 5.41) is 2.89. The Bertz CT molecular complexity index is 753. The first-order chi connectivity index (χ1) is 11.1. The third-order valence-electron chi connectivity index (χ3n) is 3.89. The molecule has 2 amide bonds. The maximum Gasteiger partial charge on any atom is 0.264 e. The van der Waals surface area contributed by atoms with E-state index in [2.05, 4.69) is 5.32 Å². The second-order valence-electron chi connectivity index (χ2n) is 5.56. The molecule has 0 radical (unpaired) electrons. The summed E-state index contributed by atoms with van der Waals surface area (Å²) in [5.41, 5.74) is 3.26. The minimum absolute atomic E-state index is 0.0498. The van der Waals surface area contributed by atoms with Crippen molar-refractivity contribution in [1.29, 1.82) is 0 Å². The topological polar surface area (TPSA) is 58.6 Å². The van der Waals surface area contributed by atoms with E-state index in [1.807, 2.05) is 31.2 Å². The Morgan fingerprint density at radius 2 is 1.96 bits per heavy atom. The molecule has 0 atom stereocenters. The molecule has 0 bridgehead atoms. The number of benzene rings is 2. The van der Waals surface area contributed by atoms with Crippen molar-refractivity contribution in [3.05, 3.63) is 59.2 Å². The fourth-order valence-corrected chi connectivity index (χ4v) is 2.47. The second kappa shape index (κ2) is 6.12. The first-order valence-corrected chi connectivity index (χ1v) is 7.42. The minimum Gasteiger partial charge on any atom is -0.481 e. The maximum atomic E-state index is 12.5. The largest absolute Gasteiger partial charge is 0.481 e. The normalized spacial score (nSPS) is 13.3. The fourth-order valence-electron chi connectivity index (χ4n) is 2.47. The molecule has 0 aliphatic carbocycles. The Hall–Kier alpha value is -2.82.